The number of nitrogens with two attached hydrogens (primary N) is 1. The van der Waals surface area contributed by atoms with Crippen LogP contribution in [0.25, 0.3) is 5.69 Å². The summed E-state index contributed by atoms with van der Waals surface area (Å²) in [7, 11) is 1.40. The molecule has 0 atom stereocenters. The van der Waals surface area contributed by atoms with E-state index in [1.807, 2.05) is 0 Å². The molecule has 0 saturated carbocycles. The zero-order chi connectivity index (χ0) is 29.5. The quantitative estimate of drug-likeness (QED) is 0.343. The Morgan fingerprint density at radius 1 is 1.17 bits per heavy atom. The Labute approximate surface area is 232 Å². The number of carbonyl (C=O) groups excluding carboxylic acids is 2. The van der Waals surface area contributed by atoms with E-state index in [2.05, 4.69) is 20.3 Å². The first kappa shape index (κ1) is 27.4. The summed E-state index contributed by atoms with van der Waals surface area (Å²) in [6, 6.07) is 7.57. The lowest BCUT2D eigenvalue weighted by Crippen LogP contribution is -2.48. The molecule has 212 valence electrons. The number of alkyl halides is 3. The number of hydrogen-bond donors (Lipinski definition) is 2. The van der Waals surface area contributed by atoms with Gasteiger partial charge in [-0.2, -0.15) is 18.2 Å². The highest BCUT2D eigenvalue weighted by Crippen LogP contribution is 2.37. The van der Waals surface area contributed by atoms with Crippen molar-refractivity contribution >= 4 is 35.1 Å². The zero-order valence-corrected chi connectivity index (χ0v) is 22.2. The number of rotatable bonds is 6. The number of hydrogen-bond acceptors (Lipinski definition) is 7. The Morgan fingerprint density at radius 3 is 2.61 bits per heavy atom. The van der Waals surface area contributed by atoms with Gasteiger partial charge in [-0.3, -0.25) is 14.6 Å². The molecule has 0 spiro atoms. The fraction of sp³-hybridized carbons (Fsp3) is 0.222. The minimum Gasteiger partial charge on any atom is -0.497 e. The maximum atomic E-state index is 14.0. The third kappa shape index (κ3) is 5.23. The molecule has 14 heteroatoms. The Hall–Kier alpha value is -5.14. The summed E-state index contributed by atoms with van der Waals surface area (Å²) in [5, 5.41) is 2.53. The van der Waals surface area contributed by atoms with E-state index >= 15 is 0 Å². The van der Waals surface area contributed by atoms with Gasteiger partial charge in [0, 0.05) is 48.0 Å². The number of amides is 3. The smallest absolute Gasteiger partial charge is 0.418 e. The van der Waals surface area contributed by atoms with Gasteiger partial charge in [-0.1, -0.05) is 0 Å². The zero-order valence-electron chi connectivity index (χ0n) is 22.2. The Kier molecular flexibility index (Phi) is 6.99. The lowest BCUT2D eigenvalue weighted by atomic mass is 10.1. The number of methoxy groups -OCH3 is 1. The van der Waals surface area contributed by atoms with E-state index in [4.69, 9.17) is 10.5 Å². The van der Waals surface area contributed by atoms with Crippen molar-refractivity contribution in [1.29, 1.82) is 0 Å². The largest absolute Gasteiger partial charge is 0.497 e. The highest BCUT2D eigenvalue weighted by molar-refractivity contribution is 6.08. The van der Waals surface area contributed by atoms with Gasteiger partial charge in [0.15, 0.2) is 0 Å². The molecular formula is C27H25F3N8O3. The topological polar surface area (TPSA) is 132 Å². The molecule has 1 aliphatic heterocycles. The number of urea groups is 1. The number of anilines is 4. The van der Waals surface area contributed by atoms with Crippen LogP contribution in [-0.4, -0.2) is 45.1 Å². The summed E-state index contributed by atoms with van der Waals surface area (Å²) >= 11 is 0. The second-order valence-corrected chi connectivity index (χ2v) is 9.14. The average molecular weight is 567 g/mol. The van der Waals surface area contributed by atoms with Crippen LogP contribution in [0.15, 0.2) is 55.0 Å². The van der Waals surface area contributed by atoms with Gasteiger partial charge >= 0.3 is 12.2 Å². The van der Waals surface area contributed by atoms with Gasteiger partial charge in [0.2, 0.25) is 5.95 Å². The van der Waals surface area contributed by atoms with Crippen molar-refractivity contribution in [3.8, 4) is 11.4 Å². The number of nitrogens with one attached hydrogen (secondary N) is 1. The maximum absolute atomic E-state index is 14.0. The summed E-state index contributed by atoms with van der Waals surface area (Å²) in [6.45, 7) is 3.77. The molecule has 3 heterocycles. The van der Waals surface area contributed by atoms with Crippen LogP contribution < -0.4 is 25.6 Å². The number of imidazole rings is 1. The number of benzene rings is 2. The fourth-order valence-electron chi connectivity index (χ4n) is 4.59. The van der Waals surface area contributed by atoms with E-state index < -0.39 is 23.7 Å². The van der Waals surface area contributed by atoms with Crippen molar-refractivity contribution in [1.82, 2.24) is 19.5 Å². The lowest BCUT2D eigenvalue weighted by Gasteiger charge is -2.35. The first-order valence-electron chi connectivity index (χ1n) is 12.4. The molecule has 3 amide bonds. The SMILES string of the molecule is CCN1C(=O)N(c2cc(OC)cc(C(=O)Nc3ccc(-n4ccnc4C)c(C(F)(F)F)c3)c2)Cc2cnc(N)nc21. The molecule has 0 aliphatic carbocycles. The van der Waals surface area contributed by atoms with E-state index in [9.17, 15) is 22.8 Å². The molecule has 5 rings (SSSR count). The predicted octanol–water partition coefficient (Wildman–Crippen LogP) is 4.80. The highest BCUT2D eigenvalue weighted by Gasteiger charge is 2.35. The molecule has 3 N–H and O–H groups in total. The van der Waals surface area contributed by atoms with Gasteiger partial charge in [-0.05, 0) is 44.2 Å². The van der Waals surface area contributed by atoms with Crippen molar-refractivity contribution < 1.29 is 27.5 Å². The number of carbonyl (C=O) groups is 2. The second kappa shape index (κ2) is 10.4. The van der Waals surface area contributed by atoms with Gasteiger partial charge in [0.05, 0.1) is 30.6 Å². The maximum Gasteiger partial charge on any atom is 0.418 e. The van der Waals surface area contributed by atoms with Crippen LogP contribution in [-0.2, 0) is 12.7 Å². The lowest BCUT2D eigenvalue weighted by molar-refractivity contribution is -0.137. The van der Waals surface area contributed by atoms with Gasteiger partial charge in [0.1, 0.15) is 17.4 Å². The predicted molar refractivity (Wildman–Crippen MR) is 145 cm³/mol. The van der Waals surface area contributed by atoms with Gasteiger partial charge in [-0.25, -0.2) is 14.8 Å². The number of aromatic nitrogens is 4. The van der Waals surface area contributed by atoms with Crippen molar-refractivity contribution in [2.45, 2.75) is 26.6 Å². The number of halogens is 3. The summed E-state index contributed by atoms with van der Waals surface area (Å²) in [6.07, 6.45) is -0.336. The van der Waals surface area contributed by atoms with Crippen LogP contribution in [0.2, 0.25) is 0 Å². The van der Waals surface area contributed by atoms with Crippen molar-refractivity contribution in [2.24, 2.45) is 0 Å². The minimum absolute atomic E-state index is 0.0330. The number of ether oxygens (including phenoxy) is 1. The van der Waals surface area contributed by atoms with Crippen LogP contribution in [0.4, 0.5) is 41.1 Å². The van der Waals surface area contributed by atoms with Gasteiger partial charge < -0.3 is 20.4 Å². The number of nitrogens with zero attached hydrogens (tertiary/aromatic N) is 6. The monoisotopic (exact) mass is 566 g/mol. The third-order valence-electron chi connectivity index (χ3n) is 6.57. The van der Waals surface area contributed by atoms with Crippen LogP contribution in [0.3, 0.4) is 0 Å². The van der Waals surface area contributed by atoms with Crippen molar-refractivity contribution in [2.75, 3.05) is 34.5 Å². The van der Waals surface area contributed by atoms with E-state index in [0.717, 1.165) is 6.07 Å². The van der Waals surface area contributed by atoms with Crippen LogP contribution in [0.1, 0.15) is 34.2 Å². The minimum atomic E-state index is -4.69. The molecular weight excluding hydrogens is 541 g/mol. The molecule has 0 saturated heterocycles. The third-order valence-corrected chi connectivity index (χ3v) is 6.57. The molecule has 11 nitrogen and oxygen atoms in total. The van der Waals surface area contributed by atoms with Crippen LogP contribution in [0, 0.1) is 6.92 Å². The highest BCUT2D eigenvalue weighted by atomic mass is 19.4. The Morgan fingerprint density at radius 2 is 1.95 bits per heavy atom. The molecule has 0 radical (unpaired) electrons. The summed E-state index contributed by atoms with van der Waals surface area (Å²) in [5.41, 5.74) is 5.63. The van der Waals surface area contributed by atoms with Crippen LogP contribution >= 0.6 is 0 Å². The average Bonchev–Trinajstić information content (AvgIpc) is 3.37. The number of aryl methyl sites for hydroxylation is 1. The van der Waals surface area contributed by atoms with Crippen molar-refractivity contribution in [3.05, 3.63) is 77.5 Å². The standard InChI is InChI=1S/C27H25F3N8O3/c1-4-36-23-17(13-33-25(31)35-23)14-38(26(36)40)19-9-16(10-20(12-19)41-3)24(39)34-18-5-6-22(21(11-18)27(28,29)30)37-8-7-32-15(37)2/h5-13H,4,14H2,1-3H3,(H,34,39)(H2,31,33,35). The molecule has 4 aromatic rings. The molecule has 41 heavy (non-hydrogen) atoms. The normalized spacial score (nSPS) is 13.3. The van der Waals surface area contributed by atoms with Crippen molar-refractivity contribution in [3.63, 3.8) is 0 Å². The first-order valence-corrected chi connectivity index (χ1v) is 12.4. The molecule has 0 unspecified atom stereocenters. The van der Waals surface area contributed by atoms with Gasteiger partial charge in [-0.15, -0.1) is 0 Å². The van der Waals surface area contributed by atoms with E-state index in [1.165, 1.54) is 64.3 Å². The fourth-order valence-corrected chi connectivity index (χ4v) is 4.59. The van der Waals surface area contributed by atoms with E-state index in [-0.39, 0.29) is 35.2 Å². The Bertz CT molecular complexity index is 1650. The number of fused-ring (bicyclic) bond motifs is 1. The molecule has 2 aromatic carbocycles. The second-order valence-electron chi connectivity index (χ2n) is 9.14. The molecule has 0 bridgehead atoms. The molecule has 1 aliphatic rings. The first-order chi connectivity index (χ1) is 19.5. The van der Waals surface area contributed by atoms with E-state index in [1.54, 1.807) is 19.9 Å². The summed E-state index contributed by atoms with van der Waals surface area (Å²) in [4.78, 5) is 41.7. The van der Waals surface area contributed by atoms with Crippen LogP contribution in [0.5, 0.6) is 5.75 Å². The van der Waals surface area contributed by atoms with Gasteiger partial charge in [0.25, 0.3) is 5.91 Å². The summed E-state index contributed by atoms with van der Waals surface area (Å²) < 4.78 is 48.6. The molecule has 2 aromatic heterocycles. The summed E-state index contributed by atoms with van der Waals surface area (Å²) in [5.74, 6) is 0.383. The van der Waals surface area contributed by atoms with E-state index in [0.29, 0.717) is 29.4 Å². The molecule has 0 fully saturated rings. The number of nitrogen functional groups attached to an aromatic ring is 1. The Balaban J connectivity index is 1.48.